The minimum absolute atomic E-state index is 0.00342. The van der Waals surface area contributed by atoms with Crippen molar-refractivity contribution in [3.8, 4) is 6.07 Å². The number of urea groups is 1. The van der Waals surface area contributed by atoms with Crippen LogP contribution in [0.4, 0.5) is 4.79 Å². The summed E-state index contributed by atoms with van der Waals surface area (Å²) in [6, 6.07) is 5.68. The van der Waals surface area contributed by atoms with Crippen molar-refractivity contribution in [3.63, 3.8) is 0 Å². The van der Waals surface area contributed by atoms with Gasteiger partial charge in [0.15, 0.2) is 0 Å². The average molecular weight is 256 g/mol. The number of amides is 2. The summed E-state index contributed by atoms with van der Waals surface area (Å²) in [4.78, 5) is 14.3. The summed E-state index contributed by atoms with van der Waals surface area (Å²) in [7, 11) is 0. The summed E-state index contributed by atoms with van der Waals surface area (Å²) in [5, 5.41) is 11.3. The number of nitriles is 1. The first kappa shape index (κ1) is 11.2. The molecule has 0 aliphatic carbocycles. The van der Waals surface area contributed by atoms with E-state index in [0.29, 0.717) is 19.5 Å². The average Bonchev–Trinajstić information content (AvgIpc) is 2.82. The first-order chi connectivity index (χ1) is 7.70. The highest BCUT2D eigenvalue weighted by molar-refractivity contribution is 7.16. The van der Waals surface area contributed by atoms with E-state index in [2.05, 4.69) is 5.32 Å². The summed E-state index contributed by atoms with van der Waals surface area (Å²) < 4.78 is 0.722. The van der Waals surface area contributed by atoms with Crippen molar-refractivity contribution in [2.75, 3.05) is 13.1 Å². The summed E-state index contributed by atoms with van der Waals surface area (Å²) in [5.74, 6) is 0. The third kappa shape index (κ3) is 2.29. The molecular weight excluding hydrogens is 246 g/mol. The molecule has 4 nitrogen and oxygen atoms in total. The number of hydrogen-bond donors (Lipinski definition) is 1. The molecule has 1 saturated heterocycles. The minimum Gasteiger partial charge on any atom is -0.329 e. The van der Waals surface area contributed by atoms with Crippen LogP contribution in [0.5, 0.6) is 0 Å². The van der Waals surface area contributed by atoms with Gasteiger partial charge in [-0.3, -0.25) is 0 Å². The second-order valence-electron chi connectivity index (χ2n) is 3.50. The lowest BCUT2D eigenvalue weighted by Gasteiger charge is -2.11. The van der Waals surface area contributed by atoms with Crippen LogP contribution < -0.4 is 5.32 Å². The molecule has 16 heavy (non-hydrogen) atoms. The van der Waals surface area contributed by atoms with Gasteiger partial charge in [-0.05, 0) is 12.1 Å². The van der Waals surface area contributed by atoms with E-state index in [1.807, 2.05) is 18.2 Å². The van der Waals surface area contributed by atoms with Crippen LogP contribution >= 0.6 is 22.9 Å². The molecule has 84 valence electrons. The van der Waals surface area contributed by atoms with Gasteiger partial charge < -0.3 is 10.2 Å². The Balaban J connectivity index is 2.01. The van der Waals surface area contributed by atoms with E-state index in [9.17, 15) is 4.79 Å². The zero-order valence-electron chi connectivity index (χ0n) is 8.44. The molecule has 0 saturated carbocycles. The van der Waals surface area contributed by atoms with Crippen LogP contribution in [0.1, 0.15) is 17.3 Å². The van der Waals surface area contributed by atoms with E-state index in [4.69, 9.17) is 16.9 Å². The minimum atomic E-state index is -0.107. The first-order valence-electron chi connectivity index (χ1n) is 4.88. The highest BCUT2D eigenvalue weighted by Gasteiger charge is 2.29. The van der Waals surface area contributed by atoms with Gasteiger partial charge in [-0.25, -0.2) is 4.79 Å². The predicted molar refractivity (Wildman–Crippen MR) is 62.4 cm³/mol. The fourth-order valence-electron chi connectivity index (χ4n) is 1.64. The SMILES string of the molecule is N#CCCN1CC(c2ccc(Cl)s2)NC1=O. The number of hydrogen-bond acceptors (Lipinski definition) is 3. The molecule has 0 bridgehead atoms. The fraction of sp³-hybridized carbons (Fsp3) is 0.400. The van der Waals surface area contributed by atoms with Crippen molar-refractivity contribution in [1.29, 1.82) is 5.26 Å². The van der Waals surface area contributed by atoms with Gasteiger partial charge >= 0.3 is 6.03 Å². The summed E-state index contributed by atoms with van der Waals surface area (Å²) >= 11 is 7.32. The maximum atomic E-state index is 11.5. The van der Waals surface area contributed by atoms with E-state index in [0.717, 1.165) is 9.21 Å². The van der Waals surface area contributed by atoms with Crippen molar-refractivity contribution in [3.05, 3.63) is 21.3 Å². The Labute approximate surface area is 102 Å². The topological polar surface area (TPSA) is 56.1 Å². The lowest BCUT2D eigenvalue weighted by Crippen LogP contribution is -2.28. The highest BCUT2D eigenvalue weighted by Crippen LogP contribution is 2.29. The molecule has 1 fully saturated rings. The second-order valence-corrected chi connectivity index (χ2v) is 5.24. The van der Waals surface area contributed by atoms with Gasteiger partial charge in [0.1, 0.15) is 0 Å². The summed E-state index contributed by atoms with van der Waals surface area (Å²) in [5.41, 5.74) is 0. The Hall–Kier alpha value is -1.25. The van der Waals surface area contributed by atoms with Crippen molar-refractivity contribution in [2.24, 2.45) is 0 Å². The molecule has 6 heteroatoms. The van der Waals surface area contributed by atoms with E-state index >= 15 is 0 Å². The number of thiophene rings is 1. The quantitative estimate of drug-likeness (QED) is 0.902. The number of nitrogens with zero attached hydrogens (tertiary/aromatic N) is 2. The van der Waals surface area contributed by atoms with Gasteiger partial charge in [0, 0.05) is 18.0 Å². The zero-order valence-corrected chi connectivity index (χ0v) is 10.0. The number of carbonyl (C=O) groups excluding carboxylic acids is 1. The Morgan fingerprint density at radius 2 is 2.50 bits per heavy atom. The van der Waals surface area contributed by atoms with Crippen LogP contribution in [-0.2, 0) is 0 Å². The Kier molecular flexibility index (Phi) is 3.32. The molecule has 0 radical (unpaired) electrons. The van der Waals surface area contributed by atoms with Gasteiger partial charge in [0.2, 0.25) is 0 Å². The summed E-state index contributed by atoms with van der Waals surface area (Å²) in [6.07, 6.45) is 0.366. The van der Waals surface area contributed by atoms with Crippen LogP contribution in [0.2, 0.25) is 4.34 Å². The lowest BCUT2D eigenvalue weighted by molar-refractivity contribution is 0.218. The fourth-order valence-corrected chi connectivity index (χ4v) is 2.75. The maximum Gasteiger partial charge on any atom is 0.318 e. The van der Waals surface area contributed by atoms with Crippen LogP contribution in [0.15, 0.2) is 12.1 Å². The molecule has 1 aromatic rings. The van der Waals surface area contributed by atoms with Crippen molar-refractivity contribution >= 4 is 29.0 Å². The largest absolute Gasteiger partial charge is 0.329 e. The normalized spacial score (nSPS) is 19.6. The van der Waals surface area contributed by atoms with Crippen LogP contribution in [-0.4, -0.2) is 24.0 Å². The molecule has 2 heterocycles. The number of carbonyl (C=O) groups is 1. The number of halogens is 1. The lowest BCUT2D eigenvalue weighted by atomic mass is 10.2. The Morgan fingerprint density at radius 1 is 1.69 bits per heavy atom. The van der Waals surface area contributed by atoms with E-state index < -0.39 is 0 Å². The molecule has 0 spiro atoms. The summed E-state index contributed by atoms with van der Waals surface area (Å²) in [6.45, 7) is 1.09. The molecule has 2 amide bonds. The standard InChI is InChI=1S/C10H10ClN3OS/c11-9-3-2-8(16-9)7-6-14(5-1-4-12)10(15)13-7/h2-3,7H,1,5-6H2,(H,13,15). The Morgan fingerprint density at radius 3 is 3.12 bits per heavy atom. The predicted octanol–water partition coefficient (Wildman–Crippen LogP) is 2.38. The molecule has 1 aromatic heterocycles. The van der Waals surface area contributed by atoms with Crippen LogP contribution in [0.3, 0.4) is 0 Å². The Bertz CT molecular complexity index is 440. The van der Waals surface area contributed by atoms with Gasteiger partial charge in [-0.2, -0.15) is 5.26 Å². The number of rotatable bonds is 3. The molecule has 1 atom stereocenters. The maximum absolute atomic E-state index is 11.5. The second kappa shape index (κ2) is 4.73. The highest BCUT2D eigenvalue weighted by atomic mass is 35.5. The zero-order chi connectivity index (χ0) is 11.5. The van der Waals surface area contributed by atoms with Crippen molar-refractivity contribution in [2.45, 2.75) is 12.5 Å². The molecule has 0 aromatic carbocycles. The van der Waals surface area contributed by atoms with Crippen LogP contribution in [0.25, 0.3) is 0 Å². The number of nitrogens with one attached hydrogen (secondary N) is 1. The first-order valence-corrected chi connectivity index (χ1v) is 6.08. The smallest absolute Gasteiger partial charge is 0.318 e. The van der Waals surface area contributed by atoms with E-state index in [1.54, 1.807) is 4.90 Å². The molecule has 1 N–H and O–H groups in total. The molecule has 1 unspecified atom stereocenters. The van der Waals surface area contributed by atoms with Gasteiger partial charge in [-0.1, -0.05) is 11.6 Å². The third-order valence-corrected chi connectivity index (χ3v) is 3.76. The monoisotopic (exact) mass is 255 g/mol. The van der Waals surface area contributed by atoms with Crippen molar-refractivity contribution < 1.29 is 4.79 Å². The molecular formula is C10H10ClN3OS. The third-order valence-electron chi connectivity index (χ3n) is 2.42. The molecule has 1 aliphatic heterocycles. The van der Waals surface area contributed by atoms with Crippen LogP contribution in [0, 0.1) is 11.3 Å². The molecule has 2 rings (SSSR count). The molecule has 1 aliphatic rings. The van der Waals surface area contributed by atoms with Gasteiger partial charge in [-0.15, -0.1) is 11.3 Å². The van der Waals surface area contributed by atoms with E-state index in [-0.39, 0.29) is 12.1 Å². The van der Waals surface area contributed by atoms with Gasteiger partial charge in [0.25, 0.3) is 0 Å². The van der Waals surface area contributed by atoms with Crippen molar-refractivity contribution in [1.82, 2.24) is 10.2 Å². The van der Waals surface area contributed by atoms with E-state index in [1.165, 1.54) is 11.3 Å². The van der Waals surface area contributed by atoms with Gasteiger partial charge in [0.05, 0.1) is 22.9 Å².